The molecule has 0 radical (unpaired) electrons. The molecule has 1 aliphatic heterocycles. The number of halogens is 2. The van der Waals surface area contributed by atoms with Crippen molar-refractivity contribution in [1.29, 1.82) is 0 Å². The van der Waals surface area contributed by atoms with Crippen LogP contribution in [0.15, 0.2) is 71.6 Å². The Kier molecular flexibility index (Phi) is 7.86. The van der Waals surface area contributed by atoms with Crippen molar-refractivity contribution in [3.8, 4) is 17.2 Å². The molecule has 3 aromatic rings. The van der Waals surface area contributed by atoms with Crippen molar-refractivity contribution in [3.05, 3.63) is 76.8 Å². The zero-order chi connectivity index (χ0) is 25.0. The molecule has 1 saturated heterocycles. The SMILES string of the molecule is COc1ccccc1Oc1ccc(Cl)cc1NC(=O)[C@H]1CCCN(S(=O)(=O)c2ccc(Cl)cc2)C1. The van der Waals surface area contributed by atoms with Crippen LogP contribution in [0.3, 0.4) is 0 Å². The predicted molar refractivity (Wildman–Crippen MR) is 136 cm³/mol. The highest BCUT2D eigenvalue weighted by Crippen LogP contribution is 2.37. The fourth-order valence-corrected chi connectivity index (χ4v) is 5.70. The number of benzene rings is 3. The molecule has 1 amide bonds. The monoisotopic (exact) mass is 534 g/mol. The molecule has 1 fully saturated rings. The molecule has 0 spiro atoms. The van der Waals surface area contributed by atoms with Gasteiger partial charge >= 0.3 is 0 Å². The summed E-state index contributed by atoms with van der Waals surface area (Å²) in [5.74, 6) is 0.548. The van der Waals surface area contributed by atoms with E-state index in [1.165, 1.54) is 28.6 Å². The summed E-state index contributed by atoms with van der Waals surface area (Å²) in [6, 6.07) is 18.0. The average Bonchev–Trinajstić information content (AvgIpc) is 2.86. The lowest BCUT2D eigenvalue weighted by atomic mass is 9.98. The summed E-state index contributed by atoms with van der Waals surface area (Å²) in [6.45, 7) is 0.411. The van der Waals surface area contributed by atoms with Gasteiger partial charge in [-0.1, -0.05) is 35.3 Å². The Morgan fingerprint density at radius 3 is 2.37 bits per heavy atom. The maximum Gasteiger partial charge on any atom is 0.243 e. The van der Waals surface area contributed by atoms with Gasteiger partial charge in [0.15, 0.2) is 17.2 Å². The van der Waals surface area contributed by atoms with Crippen LogP contribution in [0.4, 0.5) is 5.69 Å². The second kappa shape index (κ2) is 10.9. The highest BCUT2D eigenvalue weighted by Gasteiger charge is 2.33. The Morgan fingerprint density at radius 1 is 0.971 bits per heavy atom. The first kappa shape index (κ1) is 25.3. The molecule has 1 aliphatic rings. The number of ether oxygens (including phenoxy) is 2. The zero-order valence-electron chi connectivity index (χ0n) is 18.9. The largest absolute Gasteiger partial charge is 0.493 e. The maximum absolute atomic E-state index is 13.2. The molecule has 0 aromatic heterocycles. The molecule has 0 saturated carbocycles. The van der Waals surface area contributed by atoms with Gasteiger partial charge in [-0.25, -0.2) is 8.42 Å². The number of amides is 1. The Bertz CT molecular complexity index is 1320. The number of anilines is 1. The van der Waals surface area contributed by atoms with Crippen LogP contribution in [0, 0.1) is 5.92 Å². The number of rotatable bonds is 7. The van der Waals surface area contributed by atoms with Gasteiger partial charge in [-0.05, 0) is 67.4 Å². The molecule has 1 heterocycles. The van der Waals surface area contributed by atoms with Gasteiger partial charge < -0.3 is 14.8 Å². The molecule has 35 heavy (non-hydrogen) atoms. The Morgan fingerprint density at radius 2 is 1.66 bits per heavy atom. The molecule has 0 aliphatic carbocycles. The van der Waals surface area contributed by atoms with Crippen LogP contribution in [0.25, 0.3) is 0 Å². The molecule has 7 nitrogen and oxygen atoms in total. The lowest BCUT2D eigenvalue weighted by Crippen LogP contribution is -2.43. The third-order valence-corrected chi connectivity index (χ3v) is 8.06. The van der Waals surface area contributed by atoms with Gasteiger partial charge in [0, 0.05) is 23.1 Å². The Hall–Kier alpha value is -2.78. The first-order chi connectivity index (χ1) is 16.8. The molecular formula is C25H24Cl2N2O5S. The van der Waals surface area contributed by atoms with E-state index in [4.69, 9.17) is 32.7 Å². The van der Waals surface area contributed by atoms with Crippen LogP contribution in [0.1, 0.15) is 12.8 Å². The van der Waals surface area contributed by atoms with E-state index in [1.54, 1.807) is 37.4 Å². The van der Waals surface area contributed by atoms with Crippen LogP contribution in [0.5, 0.6) is 17.2 Å². The summed E-state index contributed by atoms with van der Waals surface area (Å²) in [5, 5.41) is 3.74. The van der Waals surface area contributed by atoms with Crippen molar-refractivity contribution >= 4 is 44.8 Å². The number of sulfonamides is 1. The van der Waals surface area contributed by atoms with Crippen molar-refractivity contribution in [2.75, 3.05) is 25.5 Å². The van der Waals surface area contributed by atoms with Crippen LogP contribution in [-0.4, -0.2) is 38.8 Å². The van der Waals surface area contributed by atoms with Crippen molar-refractivity contribution < 1.29 is 22.7 Å². The van der Waals surface area contributed by atoms with Crippen molar-refractivity contribution in [1.82, 2.24) is 4.31 Å². The van der Waals surface area contributed by atoms with Crippen molar-refractivity contribution in [2.24, 2.45) is 5.92 Å². The summed E-state index contributed by atoms with van der Waals surface area (Å²) < 4.78 is 38.9. The Balaban J connectivity index is 1.51. The van der Waals surface area contributed by atoms with Gasteiger partial charge in [-0.15, -0.1) is 0 Å². The molecule has 0 unspecified atom stereocenters. The number of hydrogen-bond donors (Lipinski definition) is 1. The number of para-hydroxylation sites is 2. The van der Waals surface area contributed by atoms with E-state index < -0.39 is 15.9 Å². The molecule has 0 bridgehead atoms. The molecule has 1 atom stereocenters. The topological polar surface area (TPSA) is 84.9 Å². The minimum Gasteiger partial charge on any atom is -0.493 e. The predicted octanol–water partition coefficient (Wildman–Crippen LogP) is 5.83. The van der Waals surface area contributed by atoms with Crippen molar-refractivity contribution in [2.45, 2.75) is 17.7 Å². The third kappa shape index (κ3) is 5.90. The highest BCUT2D eigenvalue weighted by molar-refractivity contribution is 7.89. The quantitative estimate of drug-likeness (QED) is 0.411. The molecule has 3 aromatic carbocycles. The van der Waals surface area contributed by atoms with Crippen molar-refractivity contribution in [3.63, 3.8) is 0 Å². The summed E-state index contributed by atoms with van der Waals surface area (Å²) in [7, 11) is -2.21. The number of piperidine rings is 1. The van der Waals surface area contributed by atoms with E-state index in [9.17, 15) is 13.2 Å². The van der Waals surface area contributed by atoms with Crippen LogP contribution in [0.2, 0.25) is 10.0 Å². The average molecular weight is 535 g/mol. The van der Waals surface area contributed by atoms with Gasteiger partial charge in [0.25, 0.3) is 0 Å². The summed E-state index contributed by atoms with van der Waals surface area (Å²) in [5.41, 5.74) is 0.381. The second-order valence-corrected chi connectivity index (χ2v) is 10.8. The molecule has 1 N–H and O–H groups in total. The van der Waals surface area contributed by atoms with E-state index in [1.807, 2.05) is 12.1 Å². The first-order valence-corrected chi connectivity index (χ1v) is 13.1. The van der Waals surface area contributed by atoms with E-state index in [0.717, 1.165) is 0 Å². The fourth-order valence-electron chi connectivity index (χ4n) is 3.88. The standard InChI is InChI=1S/C25H24Cl2N2O5S/c1-33-23-6-2-3-7-24(23)34-22-13-10-19(27)15-21(22)28-25(30)17-5-4-14-29(16-17)35(31,32)20-11-8-18(26)9-12-20/h2-3,6-13,15,17H,4-5,14,16H2,1H3,(H,28,30)/t17-/m0/s1. The number of methoxy groups -OCH3 is 1. The summed E-state index contributed by atoms with van der Waals surface area (Å²) in [4.78, 5) is 13.3. The Labute approximate surface area is 214 Å². The van der Waals surface area contributed by atoms with Crippen LogP contribution >= 0.6 is 23.2 Å². The summed E-state index contributed by atoms with van der Waals surface area (Å²) in [6.07, 6.45) is 1.12. The van der Waals surface area contributed by atoms with E-state index in [2.05, 4.69) is 5.32 Å². The third-order valence-electron chi connectivity index (χ3n) is 5.69. The van der Waals surface area contributed by atoms with Gasteiger partial charge in [0.1, 0.15) is 0 Å². The van der Waals surface area contributed by atoms with E-state index in [0.29, 0.717) is 52.4 Å². The fraction of sp³-hybridized carbons (Fsp3) is 0.240. The number of hydrogen-bond acceptors (Lipinski definition) is 5. The van der Waals surface area contributed by atoms with Gasteiger partial charge in [-0.2, -0.15) is 4.31 Å². The summed E-state index contributed by atoms with van der Waals surface area (Å²) >= 11 is 12.1. The smallest absolute Gasteiger partial charge is 0.243 e. The number of carbonyl (C=O) groups excluding carboxylic acids is 1. The van der Waals surface area contributed by atoms with Gasteiger partial charge in [-0.3, -0.25) is 4.79 Å². The van der Waals surface area contributed by atoms with E-state index in [-0.39, 0.29) is 17.3 Å². The van der Waals surface area contributed by atoms with Gasteiger partial charge in [0.05, 0.1) is 23.6 Å². The van der Waals surface area contributed by atoms with E-state index >= 15 is 0 Å². The normalized spacial score (nSPS) is 16.5. The lowest BCUT2D eigenvalue weighted by molar-refractivity contribution is -0.120. The zero-order valence-corrected chi connectivity index (χ0v) is 21.2. The minimum absolute atomic E-state index is 0.0695. The molecule has 10 heteroatoms. The number of nitrogens with one attached hydrogen (secondary N) is 1. The minimum atomic E-state index is -3.75. The van der Waals surface area contributed by atoms with Crippen LogP contribution in [-0.2, 0) is 14.8 Å². The van der Waals surface area contributed by atoms with Crippen LogP contribution < -0.4 is 14.8 Å². The first-order valence-electron chi connectivity index (χ1n) is 10.9. The number of carbonyl (C=O) groups is 1. The maximum atomic E-state index is 13.2. The number of nitrogens with zero attached hydrogens (tertiary/aromatic N) is 1. The highest BCUT2D eigenvalue weighted by atomic mass is 35.5. The van der Waals surface area contributed by atoms with Gasteiger partial charge in [0.2, 0.25) is 15.9 Å². The second-order valence-electron chi connectivity index (χ2n) is 8.04. The molecular weight excluding hydrogens is 511 g/mol. The molecule has 4 rings (SSSR count). The lowest BCUT2D eigenvalue weighted by Gasteiger charge is -2.31. The molecule has 184 valence electrons.